The molecule has 0 aliphatic rings. The van der Waals surface area contributed by atoms with Gasteiger partial charge in [-0.25, -0.2) is 0 Å². The van der Waals surface area contributed by atoms with Gasteiger partial charge in [-0.2, -0.15) is 0 Å². The molecule has 2 amide bonds. The molecule has 0 aromatic heterocycles. The number of nitrogens with one attached hydrogen (secondary N) is 3. The van der Waals surface area contributed by atoms with E-state index in [1.165, 1.54) is 12.1 Å². The van der Waals surface area contributed by atoms with Gasteiger partial charge in [0.2, 0.25) is 5.91 Å². The predicted octanol–water partition coefficient (Wildman–Crippen LogP) is 3.28. The highest BCUT2D eigenvalue weighted by Gasteiger charge is 2.22. The monoisotopic (exact) mass is 412 g/mol. The molecule has 30 heavy (non-hydrogen) atoms. The summed E-state index contributed by atoms with van der Waals surface area (Å²) in [6.07, 6.45) is 0.527. The van der Waals surface area contributed by atoms with E-state index in [0.29, 0.717) is 25.1 Å². The molecular weight excluding hydrogens is 384 g/mol. The molecule has 0 saturated carbocycles. The SMILES string of the molecule is Cc1ccccc1C(=O)N[C@H](CC(C)C)C(=O)NCCNc1ccc([N+](=O)[O-])cc1. The lowest BCUT2D eigenvalue weighted by atomic mass is 10.0. The third kappa shape index (κ3) is 6.88. The number of nitro groups is 1. The molecule has 0 bridgehead atoms. The molecule has 0 aliphatic heterocycles. The fourth-order valence-corrected chi connectivity index (χ4v) is 2.98. The van der Waals surface area contributed by atoms with Crippen LogP contribution >= 0.6 is 0 Å². The van der Waals surface area contributed by atoms with Gasteiger partial charge in [-0.1, -0.05) is 32.0 Å². The molecule has 0 saturated heterocycles. The number of amides is 2. The Morgan fingerprint density at radius 2 is 1.70 bits per heavy atom. The average Bonchev–Trinajstić information content (AvgIpc) is 2.70. The second-order valence-electron chi connectivity index (χ2n) is 7.49. The summed E-state index contributed by atoms with van der Waals surface area (Å²) in [4.78, 5) is 35.5. The Labute approximate surface area is 176 Å². The molecule has 2 aromatic rings. The Hall–Kier alpha value is -3.42. The maximum Gasteiger partial charge on any atom is 0.269 e. The summed E-state index contributed by atoms with van der Waals surface area (Å²) in [6.45, 7) is 6.65. The van der Waals surface area contributed by atoms with Crippen molar-refractivity contribution in [2.75, 3.05) is 18.4 Å². The zero-order chi connectivity index (χ0) is 22.1. The molecular formula is C22H28N4O4. The lowest BCUT2D eigenvalue weighted by molar-refractivity contribution is -0.384. The summed E-state index contributed by atoms with van der Waals surface area (Å²) in [5, 5.41) is 19.5. The van der Waals surface area contributed by atoms with Gasteiger partial charge in [-0.15, -0.1) is 0 Å². The first-order chi connectivity index (χ1) is 14.3. The van der Waals surface area contributed by atoms with E-state index < -0.39 is 11.0 Å². The van der Waals surface area contributed by atoms with Crippen molar-refractivity contribution >= 4 is 23.2 Å². The molecule has 0 radical (unpaired) electrons. The Kier molecular flexibility index (Phi) is 8.34. The Bertz CT molecular complexity index is 881. The van der Waals surface area contributed by atoms with Crippen molar-refractivity contribution in [3.63, 3.8) is 0 Å². The van der Waals surface area contributed by atoms with Crippen molar-refractivity contribution in [2.24, 2.45) is 5.92 Å². The van der Waals surface area contributed by atoms with Gasteiger partial charge in [0.05, 0.1) is 4.92 Å². The van der Waals surface area contributed by atoms with Crippen LogP contribution in [0.15, 0.2) is 48.5 Å². The second kappa shape index (κ2) is 10.9. The van der Waals surface area contributed by atoms with E-state index in [0.717, 1.165) is 11.3 Å². The molecule has 8 heteroatoms. The van der Waals surface area contributed by atoms with Crippen LogP contribution in [0, 0.1) is 23.0 Å². The second-order valence-corrected chi connectivity index (χ2v) is 7.49. The van der Waals surface area contributed by atoms with Crippen LogP contribution in [0.25, 0.3) is 0 Å². The fourth-order valence-electron chi connectivity index (χ4n) is 2.98. The van der Waals surface area contributed by atoms with Gasteiger partial charge in [-0.3, -0.25) is 19.7 Å². The standard InChI is InChI=1S/C22H28N4O4/c1-15(2)14-20(25-21(27)19-7-5-4-6-16(19)3)22(28)24-13-12-23-17-8-10-18(11-9-17)26(29)30/h4-11,15,20,23H,12-14H2,1-3H3,(H,24,28)(H,25,27)/t20-/m1/s1. The van der Waals surface area contributed by atoms with Crippen molar-refractivity contribution in [2.45, 2.75) is 33.2 Å². The molecule has 0 aliphatic carbocycles. The van der Waals surface area contributed by atoms with Crippen molar-refractivity contribution in [1.29, 1.82) is 0 Å². The summed E-state index contributed by atoms with van der Waals surface area (Å²) < 4.78 is 0. The van der Waals surface area contributed by atoms with Gasteiger partial charge in [0.15, 0.2) is 0 Å². The van der Waals surface area contributed by atoms with Crippen LogP contribution in [-0.4, -0.2) is 35.9 Å². The maximum atomic E-state index is 12.6. The van der Waals surface area contributed by atoms with Crippen molar-refractivity contribution in [3.8, 4) is 0 Å². The third-order valence-corrected chi connectivity index (χ3v) is 4.55. The quantitative estimate of drug-likeness (QED) is 0.315. The van der Waals surface area contributed by atoms with Gasteiger partial charge in [0, 0.05) is 36.5 Å². The number of hydrogen-bond donors (Lipinski definition) is 3. The Morgan fingerprint density at radius 3 is 2.30 bits per heavy atom. The number of carbonyl (C=O) groups is 2. The topological polar surface area (TPSA) is 113 Å². The minimum Gasteiger partial charge on any atom is -0.383 e. The highest BCUT2D eigenvalue weighted by Crippen LogP contribution is 2.15. The van der Waals surface area contributed by atoms with Crippen LogP contribution in [0.2, 0.25) is 0 Å². The van der Waals surface area contributed by atoms with Crippen molar-refractivity contribution < 1.29 is 14.5 Å². The number of non-ortho nitro benzene ring substituents is 1. The Balaban J connectivity index is 1.87. The van der Waals surface area contributed by atoms with E-state index in [1.807, 2.05) is 32.9 Å². The minimum absolute atomic E-state index is 0.0229. The number of nitro benzene ring substituents is 1. The average molecular weight is 412 g/mol. The molecule has 0 spiro atoms. The van der Waals surface area contributed by atoms with Gasteiger partial charge >= 0.3 is 0 Å². The largest absolute Gasteiger partial charge is 0.383 e. The molecule has 0 heterocycles. The number of benzene rings is 2. The fraction of sp³-hybridized carbons (Fsp3) is 0.364. The predicted molar refractivity (Wildman–Crippen MR) is 116 cm³/mol. The first-order valence-electron chi connectivity index (χ1n) is 9.90. The lowest BCUT2D eigenvalue weighted by Crippen LogP contribution is -2.48. The van der Waals surface area contributed by atoms with E-state index in [2.05, 4.69) is 16.0 Å². The van der Waals surface area contributed by atoms with Crippen LogP contribution in [0.5, 0.6) is 0 Å². The number of nitrogens with zero attached hydrogens (tertiary/aromatic N) is 1. The molecule has 0 unspecified atom stereocenters. The van der Waals surface area contributed by atoms with Crippen LogP contribution in [0.3, 0.4) is 0 Å². The molecule has 2 rings (SSSR count). The third-order valence-electron chi connectivity index (χ3n) is 4.55. The highest BCUT2D eigenvalue weighted by molar-refractivity contribution is 5.98. The van der Waals surface area contributed by atoms with E-state index in [1.54, 1.807) is 24.3 Å². The number of rotatable bonds is 10. The van der Waals surface area contributed by atoms with E-state index in [9.17, 15) is 19.7 Å². The van der Waals surface area contributed by atoms with E-state index >= 15 is 0 Å². The van der Waals surface area contributed by atoms with Crippen LogP contribution in [-0.2, 0) is 4.79 Å². The number of carbonyl (C=O) groups excluding carboxylic acids is 2. The Morgan fingerprint density at radius 1 is 1.03 bits per heavy atom. The van der Waals surface area contributed by atoms with Gasteiger partial charge in [0.1, 0.15) is 6.04 Å². The van der Waals surface area contributed by atoms with Gasteiger partial charge in [-0.05, 0) is 43.0 Å². The normalized spacial score (nSPS) is 11.6. The molecule has 8 nitrogen and oxygen atoms in total. The first kappa shape index (κ1) is 22.9. The minimum atomic E-state index is -0.628. The van der Waals surface area contributed by atoms with Crippen LogP contribution in [0.1, 0.15) is 36.2 Å². The number of anilines is 1. The molecule has 1 atom stereocenters. The smallest absolute Gasteiger partial charge is 0.269 e. The summed E-state index contributed by atoms with van der Waals surface area (Å²) in [7, 11) is 0. The summed E-state index contributed by atoms with van der Waals surface area (Å²) >= 11 is 0. The number of aryl methyl sites for hydroxylation is 1. The molecule has 160 valence electrons. The van der Waals surface area contributed by atoms with Crippen LogP contribution in [0.4, 0.5) is 11.4 Å². The maximum absolute atomic E-state index is 12.6. The van der Waals surface area contributed by atoms with E-state index in [4.69, 9.17) is 0 Å². The molecule has 0 fully saturated rings. The van der Waals surface area contributed by atoms with Gasteiger partial charge in [0.25, 0.3) is 11.6 Å². The molecule has 2 aromatic carbocycles. The highest BCUT2D eigenvalue weighted by atomic mass is 16.6. The summed E-state index contributed by atoms with van der Waals surface area (Å²) in [5.41, 5.74) is 2.15. The first-order valence-corrected chi connectivity index (χ1v) is 9.90. The lowest BCUT2D eigenvalue weighted by Gasteiger charge is -2.21. The van der Waals surface area contributed by atoms with Crippen molar-refractivity contribution in [3.05, 3.63) is 69.8 Å². The molecule has 3 N–H and O–H groups in total. The summed E-state index contributed by atoms with van der Waals surface area (Å²) in [5.74, 6) is -0.273. The zero-order valence-corrected chi connectivity index (χ0v) is 17.5. The number of hydrogen-bond acceptors (Lipinski definition) is 5. The van der Waals surface area contributed by atoms with Crippen LogP contribution < -0.4 is 16.0 Å². The zero-order valence-electron chi connectivity index (χ0n) is 17.5. The summed E-state index contributed by atoms with van der Waals surface area (Å²) in [6, 6.07) is 12.7. The van der Waals surface area contributed by atoms with Crippen molar-refractivity contribution in [1.82, 2.24) is 10.6 Å². The van der Waals surface area contributed by atoms with Gasteiger partial charge < -0.3 is 16.0 Å². The van der Waals surface area contributed by atoms with E-state index in [-0.39, 0.29) is 23.4 Å².